The van der Waals surface area contributed by atoms with Gasteiger partial charge in [0.25, 0.3) is 0 Å². The van der Waals surface area contributed by atoms with Gasteiger partial charge in [-0.3, -0.25) is 9.59 Å². The molecule has 0 aliphatic heterocycles. The summed E-state index contributed by atoms with van der Waals surface area (Å²) in [6.45, 7) is -1.82. The van der Waals surface area contributed by atoms with Gasteiger partial charge in [0.2, 0.25) is 0 Å². The van der Waals surface area contributed by atoms with Crippen LogP contribution in [0, 0.1) is 0 Å². The minimum atomic E-state index is -3.02. The third-order valence-corrected chi connectivity index (χ3v) is 2.15. The van der Waals surface area contributed by atoms with E-state index in [1.807, 2.05) is 0 Å². The van der Waals surface area contributed by atoms with E-state index in [1.165, 1.54) is 6.92 Å². The van der Waals surface area contributed by atoms with Gasteiger partial charge >= 0.3 is 0 Å². The lowest BCUT2D eigenvalue weighted by molar-refractivity contribution is 0.100. The van der Waals surface area contributed by atoms with E-state index < -0.39 is 53.2 Å². The van der Waals surface area contributed by atoms with Crippen LogP contribution in [0.1, 0.15) is 49.6 Å². The van der Waals surface area contributed by atoms with Crippen LogP contribution in [0.25, 0.3) is 0 Å². The van der Waals surface area contributed by atoms with E-state index in [1.54, 1.807) is 0 Å². The summed E-state index contributed by atoms with van der Waals surface area (Å²) < 4.78 is 79.9. The molecule has 0 spiro atoms. The number of hydrogen-bond acceptors (Lipinski definition) is 2. The molecule has 0 aromatic heterocycles. The maximum Gasteiger partial charge on any atom is 0.159 e. The van der Waals surface area contributed by atoms with Crippen LogP contribution in [0.3, 0.4) is 0 Å². The SMILES string of the molecule is [2H]c1c([2H])c(C(=O)C([2H])([2H])[2H])c([2H])c([2H])c1Cl.[2H]c1c([2H])c(C(C)=O)c([2H])c([2H])c1Cl. The molecule has 0 aliphatic rings. The molecule has 0 atom stereocenters. The molecule has 2 aromatic carbocycles. The number of carbonyl (C=O) groups excluding carboxylic acids is 2. The summed E-state index contributed by atoms with van der Waals surface area (Å²) in [5.74, 6) is -1.93. The van der Waals surface area contributed by atoms with E-state index >= 15 is 0 Å². The molecule has 0 bridgehead atoms. The first kappa shape index (κ1) is 6.42. The van der Waals surface area contributed by atoms with Gasteiger partial charge in [-0.15, -0.1) is 0 Å². The molecule has 2 aromatic rings. The zero-order chi connectivity index (χ0) is 24.6. The van der Waals surface area contributed by atoms with Gasteiger partial charge < -0.3 is 0 Å². The first-order valence-electron chi connectivity index (χ1n) is 10.5. The van der Waals surface area contributed by atoms with Crippen molar-refractivity contribution < 1.29 is 24.7 Å². The minimum Gasteiger partial charge on any atom is -0.295 e. The number of rotatable bonds is 2. The van der Waals surface area contributed by atoms with Crippen molar-refractivity contribution in [1.29, 1.82) is 0 Å². The zero-order valence-corrected chi connectivity index (χ0v) is 11.6. The number of Topliss-reactive ketones (excluding diaryl/α,β-unsaturated/α-hetero) is 2. The number of hydrogen-bond donors (Lipinski definition) is 0. The van der Waals surface area contributed by atoms with Crippen LogP contribution in [0.4, 0.5) is 0 Å². The summed E-state index contributed by atoms with van der Waals surface area (Å²) in [5.41, 5.74) is -0.978. The first-order valence-corrected chi connectivity index (χ1v) is 5.79. The molecule has 0 amide bonds. The Hall–Kier alpha value is -1.64. The van der Waals surface area contributed by atoms with Gasteiger partial charge in [-0.25, -0.2) is 0 Å². The molecule has 0 saturated heterocycles. The molecule has 0 saturated carbocycles. The number of halogens is 2. The van der Waals surface area contributed by atoms with Crippen molar-refractivity contribution in [3.8, 4) is 0 Å². The zero-order valence-electron chi connectivity index (χ0n) is 21.1. The Morgan fingerprint density at radius 2 is 1.20 bits per heavy atom. The molecule has 0 unspecified atom stereocenters. The van der Waals surface area contributed by atoms with Gasteiger partial charge in [0, 0.05) is 25.3 Å². The van der Waals surface area contributed by atoms with Crippen LogP contribution in [0.2, 0.25) is 10.0 Å². The summed E-state index contributed by atoms with van der Waals surface area (Å²) in [6, 6.07) is -4.25. The average Bonchev–Trinajstić information content (AvgIpc) is 2.67. The van der Waals surface area contributed by atoms with E-state index in [2.05, 4.69) is 0 Å². The second kappa shape index (κ2) is 7.83. The topological polar surface area (TPSA) is 34.1 Å². The third kappa shape index (κ3) is 5.55. The second-order valence-electron chi connectivity index (χ2n) is 3.26. The Morgan fingerprint density at radius 3 is 1.50 bits per heavy atom. The third-order valence-electron chi connectivity index (χ3n) is 1.77. The minimum absolute atomic E-state index is 0.218. The van der Waals surface area contributed by atoms with Crippen LogP contribution in [-0.4, -0.2) is 11.6 Å². The molecule has 0 aliphatic carbocycles. The van der Waals surface area contributed by atoms with E-state index in [9.17, 15) is 9.59 Å². The van der Waals surface area contributed by atoms with Crippen molar-refractivity contribution in [2.24, 2.45) is 0 Å². The lowest BCUT2D eigenvalue weighted by Crippen LogP contribution is -1.89. The fourth-order valence-electron chi connectivity index (χ4n) is 0.884. The molecule has 0 heterocycles. The van der Waals surface area contributed by atoms with E-state index in [0.717, 1.165) is 0 Å². The van der Waals surface area contributed by atoms with Gasteiger partial charge in [0.05, 0.1) is 11.0 Å². The number of ketones is 2. The molecular weight excluding hydrogens is 295 g/mol. The van der Waals surface area contributed by atoms with Crippen molar-refractivity contribution in [1.82, 2.24) is 0 Å². The van der Waals surface area contributed by atoms with Crippen molar-refractivity contribution in [2.75, 3.05) is 0 Å². The van der Waals surface area contributed by atoms with Gasteiger partial charge in [-0.05, 0) is 62.1 Å². The summed E-state index contributed by atoms with van der Waals surface area (Å²) in [7, 11) is 0. The monoisotopic (exact) mass is 319 g/mol. The standard InChI is InChI=1S/2C8H7ClO/c2*1-6(10)7-2-4-8(9)5-3-7/h2*2-5H,1H3/i1D3,2D,3D,4D,5D;2D,3D,4D,5D. The largest absolute Gasteiger partial charge is 0.295 e. The molecule has 2 rings (SSSR count). The Kier molecular flexibility index (Phi) is 2.51. The van der Waals surface area contributed by atoms with E-state index in [4.69, 9.17) is 38.3 Å². The normalized spacial score (nSPS) is 17.9. The highest BCUT2D eigenvalue weighted by atomic mass is 35.5. The number of carbonyl (C=O) groups is 2. The molecular formula is C16H14Cl2O2. The molecule has 0 N–H and O–H groups in total. The maximum atomic E-state index is 11.5. The van der Waals surface area contributed by atoms with Crippen molar-refractivity contribution in [3.63, 3.8) is 0 Å². The van der Waals surface area contributed by atoms with Gasteiger partial charge in [0.15, 0.2) is 11.6 Å². The fourth-order valence-corrected chi connectivity index (χ4v) is 1.07. The van der Waals surface area contributed by atoms with Crippen molar-refractivity contribution in [3.05, 3.63) is 69.5 Å². The summed E-state index contributed by atoms with van der Waals surface area (Å²) in [4.78, 5) is 22.6. The Balaban J connectivity index is 0.000000316. The quantitative estimate of drug-likeness (QED) is 0.723. The van der Waals surface area contributed by atoms with Crippen LogP contribution in [-0.2, 0) is 0 Å². The molecule has 20 heavy (non-hydrogen) atoms. The van der Waals surface area contributed by atoms with Crippen molar-refractivity contribution >= 4 is 34.8 Å². The lowest BCUT2D eigenvalue weighted by Gasteiger charge is -1.92. The molecule has 0 radical (unpaired) electrons. The number of benzene rings is 2. The van der Waals surface area contributed by atoms with Crippen LogP contribution < -0.4 is 0 Å². The predicted molar refractivity (Wildman–Crippen MR) is 82.9 cm³/mol. The Morgan fingerprint density at radius 1 is 0.850 bits per heavy atom. The predicted octanol–water partition coefficient (Wildman–Crippen LogP) is 5.09. The molecule has 0 fully saturated rings. The Bertz CT molecular complexity index is 1020. The maximum absolute atomic E-state index is 11.5. The highest BCUT2D eigenvalue weighted by Gasteiger charge is 1.96. The lowest BCUT2D eigenvalue weighted by atomic mass is 10.2. The average molecular weight is 320 g/mol. The van der Waals surface area contributed by atoms with E-state index in [0.29, 0.717) is 0 Å². The summed E-state index contributed by atoms with van der Waals surface area (Å²) >= 11 is 11.1. The van der Waals surface area contributed by atoms with Crippen LogP contribution in [0.5, 0.6) is 0 Å². The highest BCUT2D eigenvalue weighted by Crippen LogP contribution is 2.10. The highest BCUT2D eigenvalue weighted by molar-refractivity contribution is 6.31. The van der Waals surface area contributed by atoms with E-state index in [-0.39, 0.29) is 34.8 Å². The molecule has 2 nitrogen and oxygen atoms in total. The molecule has 4 heteroatoms. The van der Waals surface area contributed by atoms with Gasteiger partial charge in [-0.2, -0.15) is 0 Å². The second-order valence-corrected chi connectivity index (χ2v) is 4.02. The van der Waals surface area contributed by atoms with Gasteiger partial charge in [0.1, 0.15) is 0 Å². The Labute approximate surface area is 143 Å². The van der Waals surface area contributed by atoms with Gasteiger partial charge in [-0.1, -0.05) is 23.2 Å². The van der Waals surface area contributed by atoms with Crippen molar-refractivity contribution in [2.45, 2.75) is 13.8 Å². The molecule has 104 valence electrons. The smallest absolute Gasteiger partial charge is 0.159 e. The summed E-state index contributed by atoms with van der Waals surface area (Å²) in [6.07, 6.45) is 0. The first-order chi connectivity index (χ1) is 14.0. The van der Waals surface area contributed by atoms with Crippen LogP contribution >= 0.6 is 23.2 Å². The van der Waals surface area contributed by atoms with Crippen LogP contribution in [0.15, 0.2) is 48.3 Å². The summed E-state index contributed by atoms with van der Waals surface area (Å²) in [5, 5.41) is -0.702. The fraction of sp³-hybridized carbons (Fsp3) is 0.125.